The van der Waals surface area contributed by atoms with Gasteiger partial charge >= 0.3 is 0 Å². The van der Waals surface area contributed by atoms with Gasteiger partial charge in [-0.1, -0.05) is 36.4 Å². The van der Waals surface area contributed by atoms with Crippen molar-refractivity contribution in [2.75, 3.05) is 46.9 Å². The SMILES string of the molecule is CCNC(=NCc1cccc(OCC(=O)N(C)C)c1)N1CCOC(c2ccccc2C)C1. The summed E-state index contributed by atoms with van der Waals surface area (Å²) in [4.78, 5) is 20.4. The molecule has 1 atom stereocenters. The van der Waals surface area contributed by atoms with Crippen LogP contribution >= 0.6 is 0 Å². The van der Waals surface area contributed by atoms with Crippen molar-refractivity contribution in [3.8, 4) is 5.75 Å². The number of hydrogen-bond donors (Lipinski definition) is 1. The highest BCUT2D eigenvalue weighted by molar-refractivity contribution is 5.80. The molecule has 172 valence electrons. The number of ether oxygens (including phenoxy) is 2. The monoisotopic (exact) mass is 438 g/mol. The van der Waals surface area contributed by atoms with Crippen molar-refractivity contribution in [3.05, 3.63) is 65.2 Å². The third-order valence-corrected chi connectivity index (χ3v) is 5.41. The normalized spacial score (nSPS) is 16.6. The molecule has 2 aromatic carbocycles. The molecule has 1 fully saturated rings. The Bertz CT molecular complexity index is 929. The van der Waals surface area contributed by atoms with Gasteiger partial charge in [-0.25, -0.2) is 4.99 Å². The first-order valence-electron chi connectivity index (χ1n) is 11.1. The van der Waals surface area contributed by atoms with E-state index in [0.29, 0.717) is 18.9 Å². The second-order valence-electron chi connectivity index (χ2n) is 8.06. The molecule has 1 aliphatic heterocycles. The predicted molar refractivity (Wildman–Crippen MR) is 127 cm³/mol. The molecule has 1 aliphatic rings. The van der Waals surface area contributed by atoms with Crippen LogP contribution in [0.5, 0.6) is 5.75 Å². The number of amides is 1. The van der Waals surface area contributed by atoms with Gasteiger partial charge in [-0.2, -0.15) is 0 Å². The van der Waals surface area contributed by atoms with Gasteiger partial charge in [0.15, 0.2) is 12.6 Å². The minimum atomic E-state index is -0.0709. The minimum absolute atomic E-state index is 0.0242. The predicted octanol–water partition coefficient (Wildman–Crippen LogP) is 3.00. The van der Waals surface area contributed by atoms with E-state index in [0.717, 1.165) is 31.2 Å². The highest BCUT2D eigenvalue weighted by Crippen LogP contribution is 2.25. The number of aliphatic imine (C=N–C) groups is 1. The molecule has 1 unspecified atom stereocenters. The Morgan fingerprint density at radius 2 is 2.06 bits per heavy atom. The van der Waals surface area contributed by atoms with Crippen LogP contribution in [0, 0.1) is 6.92 Å². The summed E-state index contributed by atoms with van der Waals surface area (Å²) in [6.45, 7) is 7.75. The number of nitrogens with zero attached hydrogens (tertiary/aromatic N) is 3. The number of likely N-dealkylation sites (N-methyl/N-ethyl adjacent to an activating group) is 1. The third kappa shape index (κ3) is 6.47. The van der Waals surface area contributed by atoms with Crippen LogP contribution in [0.4, 0.5) is 0 Å². The molecule has 1 amide bonds. The summed E-state index contributed by atoms with van der Waals surface area (Å²) in [7, 11) is 3.43. The molecule has 32 heavy (non-hydrogen) atoms. The number of benzene rings is 2. The highest BCUT2D eigenvalue weighted by atomic mass is 16.5. The van der Waals surface area contributed by atoms with E-state index in [1.807, 2.05) is 24.3 Å². The number of carbonyl (C=O) groups is 1. The quantitative estimate of drug-likeness (QED) is 0.532. The third-order valence-electron chi connectivity index (χ3n) is 5.41. The maximum atomic E-state index is 11.8. The Morgan fingerprint density at radius 1 is 1.25 bits per heavy atom. The molecule has 0 spiro atoms. The van der Waals surface area contributed by atoms with Crippen molar-refractivity contribution >= 4 is 11.9 Å². The lowest BCUT2D eigenvalue weighted by atomic mass is 10.0. The van der Waals surface area contributed by atoms with Gasteiger partial charge in [-0.3, -0.25) is 4.79 Å². The van der Waals surface area contributed by atoms with Crippen LogP contribution in [0.1, 0.15) is 29.7 Å². The number of carbonyl (C=O) groups excluding carboxylic acids is 1. The average molecular weight is 439 g/mol. The summed E-state index contributed by atoms with van der Waals surface area (Å²) in [5, 5.41) is 3.42. The zero-order chi connectivity index (χ0) is 22.9. The fraction of sp³-hybridized carbons (Fsp3) is 0.440. The highest BCUT2D eigenvalue weighted by Gasteiger charge is 2.25. The molecule has 3 rings (SSSR count). The van der Waals surface area contributed by atoms with Crippen LogP contribution in [0.2, 0.25) is 0 Å². The van der Waals surface area contributed by atoms with E-state index in [1.54, 1.807) is 14.1 Å². The van der Waals surface area contributed by atoms with E-state index >= 15 is 0 Å². The van der Waals surface area contributed by atoms with Gasteiger partial charge in [-0.15, -0.1) is 0 Å². The molecule has 7 heteroatoms. The molecule has 0 radical (unpaired) electrons. The topological polar surface area (TPSA) is 66.4 Å². The van der Waals surface area contributed by atoms with Crippen molar-refractivity contribution < 1.29 is 14.3 Å². The Hall–Kier alpha value is -3.06. The van der Waals surface area contributed by atoms with Crippen LogP contribution in [0.15, 0.2) is 53.5 Å². The molecule has 1 N–H and O–H groups in total. The number of guanidine groups is 1. The van der Waals surface area contributed by atoms with Gasteiger partial charge in [0.1, 0.15) is 11.9 Å². The van der Waals surface area contributed by atoms with E-state index in [4.69, 9.17) is 14.5 Å². The number of rotatable bonds is 7. The van der Waals surface area contributed by atoms with Gasteiger partial charge in [0, 0.05) is 27.2 Å². The molecule has 1 saturated heterocycles. The molecular weight excluding hydrogens is 404 g/mol. The average Bonchev–Trinajstić information content (AvgIpc) is 2.80. The Balaban J connectivity index is 1.67. The zero-order valence-electron chi connectivity index (χ0n) is 19.5. The Morgan fingerprint density at radius 3 is 2.81 bits per heavy atom. The number of nitrogens with one attached hydrogen (secondary N) is 1. The second-order valence-corrected chi connectivity index (χ2v) is 8.06. The summed E-state index contributed by atoms with van der Waals surface area (Å²) in [5.41, 5.74) is 3.50. The van der Waals surface area contributed by atoms with Crippen molar-refractivity contribution in [2.24, 2.45) is 4.99 Å². The molecule has 0 aromatic heterocycles. The molecular formula is C25H34N4O3. The van der Waals surface area contributed by atoms with Crippen LogP contribution in [0.3, 0.4) is 0 Å². The van der Waals surface area contributed by atoms with Crippen LogP contribution < -0.4 is 10.1 Å². The molecule has 1 heterocycles. The fourth-order valence-electron chi connectivity index (χ4n) is 3.58. The summed E-state index contributed by atoms with van der Waals surface area (Å²) < 4.78 is 11.7. The molecule has 0 bridgehead atoms. The smallest absolute Gasteiger partial charge is 0.259 e. The van der Waals surface area contributed by atoms with Crippen LogP contribution in [-0.2, 0) is 16.1 Å². The van der Waals surface area contributed by atoms with Crippen molar-refractivity contribution in [1.29, 1.82) is 0 Å². The Kier molecular flexibility index (Phi) is 8.50. The first kappa shape index (κ1) is 23.6. The van der Waals surface area contributed by atoms with E-state index in [9.17, 15) is 4.79 Å². The summed E-state index contributed by atoms with van der Waals surface area (Å²) in [5.74, 6) is 1.48. The number of aryl methyl sites for hydroxylation is 1. The zero-order valence-corrected chi connectivity index (χ0v) is 19.5. The molecule has 0 saturated carbocycles. The first-order valence-corrected chi connectivity index (χ1v) is 11.1. The van der Waals surface area contributed by atoms with E-state index in [1.165, 1.54) is 16.0 Å². The van der Waals surface area contributed by atoms with Gasteiger partial charge in [0.2, 0.25) is 0 Å². The molecule has 7 nitrogen and oxygen atoms in total. The molecule has 2 aromatic rings. The van der Waals surface area contributed by atoms with Crippen LogP contribution in [-0.4, -0.2) is 68.6 Å². The van der Waals surface area contributed by atoms with Gasteiger partial charge in [0.05, 0.1) is 19.7 Å². The number of hydrogen-bond acceptors (Lipinski definition) is 4. The second kappa shape index (κ2) is 11.5. The van der Waals surface area contributed by atoms with Crippen molar-refractivity contribution in [1.82, 2.24) is 15.1 Å². The summed E-state index contributed by atoms with van der Waals surface area (Å²) in [6, 6.07) is 16.1. The Labute approximate surface area is 191 Å². The standard InChI is InChI=1S/C25H34N4O3/c1-5-26-25(29-13-14-31-23(17-29)22-12-7-6-9-19(22)2)27-16-20-10-8-11-21(15-20)32-18-24(30)28(3)4/h6-12,15,23H,5,13-14,16-18H2,1-4H3,(H,26,27). The summed E-state index contributed by atoms with van der Waals surface area (Å²) in [6.07, 6.45) is 0.0276. The van der Waals surface area contributed by atoms with Crippen LogP contribution in [0.25, 0.3) is 0 Å². The lowest BCUT2D eigenvalue weighted by Gasteiger charge is -2.35. The fourth-order valence-corrected chi connectivity index (χ4v) is 3.58. The minimum Gasteiger partial charge on any atom is -0.484 e. The maximum absolute atomic E-state index is 11.8. The van der Waals surface area contributed by atoms with Gasteiger partial charge < -0.3 is 24.6 Å². The number of morpholine rings is 1. The van der Waals surface area contributed by atoms with Gasteiger partial charge in [-0.05, 0) is 42.7 Å². The van der Waals surface area contributed by atoms with Gasteiger partial charge in [0.25, 0.3) is 5.91 Å². The van der Waals surface area contributed by atoms with E-state index < -0.39 is 0 Å². The largest absolute Gasteiger partial charge is 0.484 e. The maximum Gasteiger partial charge on any atom is 0.259 e. The molecule has 0 aliphatic carbocycles. The van der Waals surface area contributed by atoms with Crippen molar-refractivity contribution in [3.63, 3.8) is 0 Å². The summed E-state index contributed by atoms with van der Waals surface area (Å²) >= 11 is 0. The lowest BCUT2D eigenvalue weighted by Crippen LogP contribution is -2.48. The first-order chi connectivity index (χ1) is 15.5. The lowest BCUT2D eigenvalue weighted by molar-refractivity contribution is -0.130. The van der Waals surface area contributed by atoms with Crippen molar-refractivity contribution in [2.45, 2.75) is 26.5 Å². The van der Waals surface area contributed by atoms with E-state index in [-0.39, 0.29) is 18.6 Å². The van der Waals surface area contributed by atoms with E-state index in [2.05, 4.69) is 48.3 Å².